The van der Waals surface area contributed by atoms with Crippen LogP contribution in [0.3, 0.4) is 0 Å². The Kier molecular flexibility index (Phi) is 15.6. The number of hydrogen-bond donors (Lipinski definition) is 9. The van der Waals surface area contributed by atoms with Gasteiger partial charge in [0.2, 0.25) is 29.5 Å². The van der Waals surface area contributed by atoms with Gasteiger partial charge in [0.1, 0.15) is 24.2 Å². The lowest BCUT2D eigenvalue weighted by Crippen LogP contribution is -2.60. The van der Waals surface area contributed by atoms with E-state index in [4.69, 9.17) is 16.2 Å². The lowest BCUT2D eigenvalue weighted by atomic mass is 10.0. The van der Waals surface area contributed by atoms with E-state index in [1.165, 1.54) is 19.6 Å². The maximum atomic E-state index is 13.3. The Morgan fingerprint density at radius 2 is 1.60 bits per heavy atom. The lowest BCUT2D eigenvalue weighted by molar-refractivity contribution is -0.136. The molecule has 0 fully saturated rings. The first kappa shape index (κ1) is 37.2. The van der Waals surface area contributed by atoms with Crippen molar-refractivity contribution >= 4 is 37.4 Å². The zero-order chi connectivity index (χ0) is 32.7. The van der Waals surface area contributed by atoms with Crippen LogP contribution in [0.4, 0.5) is 0 Å². The molecule has 1 rings (SSSR count). The van der Waals surface area contributed by atoms with E-state index in [0.29, 0.717) is 5.69 Å². The molecule has 0 unspecified atom stereocenters. The number of rotatable bonds is 18. The van der Waals surface area contributed by atoms with Crippen molar-refractivity contribution in [2.45, 2.75) is 76.7 Å². The Morgan fingerprint density at radius 1 is 1.00 bits per heavy atom. The number of aliphatic hydroxyl groups excluding tert-OH is 1. The molecule has 43 heavy (non-hydrogen) atoms. The van der Waals surface area contributed by atoms with Gasteiger partial charge in [0.05, 0.1) is 19.0 Å². The summed E-state index contributed by atoms with van der Waals surface area (Å²) in [6.07, 6.45) is 6.74. The van der Waals surface area contributed by atoms with Gasteiger partial charge < -0.3 is 46.5 Å². The number of aromatic nitrogens is 2. The van der Waals surface area contributed by atoms with Crippen LogP contribution in [0.2, 0.25) is 0 Å². The first-order valence-corrected chi connectivity index (χ1v) is 14.8. The average molecular weight is 630 g/mol. The maximum absolute atomic E-state index is 13.3. The molecule has 17 nitrogen and oxygen atoms in total. The Labute approximate surface area is 248 Å². The van der Waals surface area contributed by atoms with E-state index < -0.39 is 74.2 Å². The standard InChI is InChI=1S/C25H40N7O10P/c1-6-7-8-20(34)29-17(9-14(2)3)22(35)30-18(10-16-11-27-13-28-16)23(36)31-19(12-33)24(37)32-21(25(38)26-5)15(4)42-43(39,40)41/h1,11,13-15,17-19,21,33H,7-10,12H2,2-5H3,(H,26,38)(H,27,28)(H,29,34)(H,30,35)(H,31,36)(H,32,37)(H2,39,40,41)/t15-,17+,18+,19+,21+/m1/s1. The molecule has 0 aliphatic heterocycles. The van der Waals surface area contributed by atoms with Gasteiger partial charge in [-0.3, -0.25) is 28.5 Å². The second-order valence-electron chi connectivity index (χ2n) is 9.94. The van der Waals surface area contributed by atoms with Gasteiger partial charge in [0, 0.05) is 38.2 Å². The van der Waals surface area contributed by atoms with Crippen LogP contribution < -0.4 is 26.6 Å². The summed E-state index contributed by atoms with van der Waals surface area (Å²) in [6, 6.07) is -5.61. The molecule has 0 aliphatic carbocycles. The molecule has 0 saturated carbocycles. The number of carbonyl (C=O) groups is 5. The van der Waals surface area contributed by atoms with Crippen LogP contribution in [0.1, 0.15) is 45.7 Å². The van der Waals surface area contributed by atoms with Gasteiger partial charge in [-0.15, -0.1) is 12.3 Å². The SMILES string of the molecule is C#CCCC(=O)N[C@@H](CC(C)C)C(=O)N[C@@H](Cc1cnc[nH]1)C(=O)N[C@@H](CO)C(=O)N[C@H](C(=O)NC)[C@@H](C)OP(=O)(O)O. The molecule has 9 N–H and O–H groups in total. The van der Waals surface area contributed by atoms with E-state index in [9.17, 15) is 33.6 Å². The molecule has 5 atom stereocenters. The van der Waals surface area contributed by atoms with Crippen LogP contribution in [0.5, 0.6) is 0 Å². The Bertz CT molecular complexity index is 1180. The minimum absolute atomic E-state index is 0.00140. The third-order valence-corrected chi connectivity index (χ3v) is 6.49. The van der Waals surface area contributed by atoms with Crippen molar-refractivity contribution in [2.75, 3.05) is 13.7 Å². The summed E-state index contributed by atoms with van der Waals surface area (Å²) in [7, 11) is -3.83. The molecule has 0 bridgehead atoms. The number of nitrogens with zero attached hydrogens (tertiary/aromatic N) is 1. The second kappa shape index (κ2) is 18.0. The van der Waals surface area contributed by atoms with Crippen LogP contribution in [0.15, 0.2) is 12.5 Å². The second-order valence-corrected chi connectivity index (χ2v) is 11.1. The van der Waals surface area contributed by atoms with Crippen molar-refractivity contribution in [3.05, 3.63) is 18.2 Å². The number of aliphatic hydroxyl groups is 1. The van der Waals surface area contributed by atoms with Gasteiger partial charge in [-0.05, 0) is 19.3 Å². The molecule has 1 aromatic rings. The summed E-state index contributed by atoms with van der Waals surface area (Å²) >= 11 is 0. The number of nitrogens with one attached hydrogen (secondary N) is 6. The molecule has 0 saturated heterocycles. The summed E-state index contributed by atoms with van der Waals surface area (Å²) in [5.74, 6) is -1.68. The van der Waals surface area contributed by atoms with Gasteiger partial charge in [-0.2, -0.15) is 0 Å². The molecule has 0 radical (unpaired) electrons. The fourth-order valence-corrected chi connectivity index (χ4v) is 4.36. The van der Waals surface area contributed by atoms with E-state index in [1.54, 1.807) is 0 Å². The summed E-state index contributed by atoms with van der Waals surface area (Å²) < 4.78 is 15.7. The van der Waals surface area contributed by atoms with Crippen molar-refractivity contribution in [3.63, 3.8) is 0 Å². The van der Waals surface area contributed by atoms with E-state index in [1.807, 2.05) is 13.8 Å². The number of H-pyrrole nitrogens is 1. The summed E-state index contributed by atoms with van der Waals surface area (Å²) in [4.78, 5) is 88.9. The fourth-order valence-electron chi connectivity index (χ4n) is 3.80. The molecule has 240 valence electrons. The zero-order valence-corrected chi connectivity index (χ0v) is 25.2. The topological polar surface area (TPSA) is 261 Å². The highest BCUT2D eigenvalue weighted by atomic mass is 31.2. The monoisotopic (exact) mass is 629 g/mol. The van der Waals surface area contributed by atoms with E-state index in [2.05, 4.69) is 47.0 Å². The van der Waals surface area contributed by atoms with Crippen molar-refractivity contribution in [3.8, 4) is 12.3 Å². The largest absolute Gasteiger partial charge is 0.469 e. The zero-order valence-electron chi connectivity index (χ0n) is 24.3. The average Bonchev–Trinajstić information content (AvgIpc) is 3.43. The van der Waals surface area contributed by atoms with Crippen LogP contribution >= 0.6 is 7.82 Å². The molecular formula is C25H40N7O10P. The highest BCUT2D eigenvalue weighted by Crippen LogP contribution is 2.38. The maximum Gasteiger partial charge on any atom is 0.469 e. The highest BCUT2D eigenvalue weighted by molar-refractivity contribution is 7.46. The molecule has 1 aromatic heterocycles. The third-order valence-electron chi connectivity index (χ3n) is 5.88. The number of aromatic amines is 1. The van der Waals surface area contributed by atoms with Crippen molar-refractivity contribution < 1.29 is 48.0 Å². The number of imidazole rings is 1. The number of terminal acetylenes is 1. The van der Waals surface area contributed by atoms with Gasteiger partial charge in [0.25, 0.3) is 0 Å². The van der Waals surface area contributed by atoms with Gasteiger partial charge >= 0.3 is 7.82 Å². The number of likely N-dealkylation sites (N-methyl/N-ethyl adjacent to an activating group) is 1. The van der Waals surface area contributed by atoms with Crippen molar-refractivity contribution in [1.82, 2.24) is 36.6 Å². The van der Waals surface area contributed by atoms with Crippen LogP contribution in [0, 0.1) is 18.3 Å². The predicted octanol–water partition coefficient (Wildman–Crippen LogP) is -2.41. The lowest BCUT2D eigenvalue weighted by Gasteiger charge is -2.27. The number of amides is 5. The number of phosphoric acid groups is 1. The van der Waals surface area contributed by atoms with Gasteiger partial charge in [0.15, 0.2) is 0 Å². The molecule has 5 amide bonds. The Balaban J connectivity index is 3.15. The Morgan fingerprint density at radius 3 is 2.12 bits per heavy atom. The molecule has 0 spiro atoms. The first-order chi connectivity index (χ1) is 20.1. The normalized spacial score (nSPS) is 14.8. The fraction of sp³-hybridized carbons (Fsp3) is 0.600. The highest BCUT2D eigenvalue weighted by Gasteiger charge is 2.35. The van der Waals surface area contributed by atoms with E-state index >= 15 is 0 Å². The Hall–Kier alpha value is -3.81. The molecule has 0 aromatic carbocycles. The molecular weight excluding hydrogens is 589 g/mol. The minimum Gasteiger partial charge on any atom is -0.394 e. The summed E-state index contributed by atoms with van der Waals surface area (Å²) in [5.41, 5.74) is 0.437. The molecule has 1 heterocycles. The summed E-state index contributed by atoms with van der Waals surface area (Å²) in [6.45, 7) is 3.86. The number of hydrogen-bond acceptors (Lipinski definition) is 9. The van der Waals surface area contributed by atoms with Crippen LogP contribution in [0.25, 0.3) is 0 Å². The number of phosphoric ester groups is 1. The van der Waals surface area contributed by atoms with Crippen LogP contribution in [-0.4, -0.2) is 98.3 Å². The number of carbonyl (C=O) groups excluding carboxylic acids is 5. The smallest absolute Gasteiger partial charge is 0.394 e. The summed E-state index contributed by atoms with van der Waals surface area (Å²) in [5, 5.41) is 21.7. The minimum atomic E-state index is -5.04. The van der Waals surface area contributed by atoms with E-state index in [0.717, 1.165) is 6.92 Å². The van der Waals surface area contributed by atoms with Crippen LogP contribution in [-0.2, 0) is 39.5 Å². The van der Waals surface area contributed by atoms with Gasteiger partial charge in [-0.25, -0.2) is 9.55 Å². The van der Waals surface area contributed by atoms with E-state index in [-0.39, 0.29) is 31.6 Å². The first-order valence-electron chi connectivity index (χ1n) is 13.3. The van der Waals surface area contributed by atoms with Crippen molar-refractivity contribution in [2.24, 2.45) is 5.92 Å². The van der Waals surface area contributed by atoms with Crippen molar-refractivity contribution in [1.29, 1.82) is 0 Å². The predicted molar refractivity (Wildman–Crippen MR) is 151 cm³/mol. The van der Waals surface area contributed by atoms with Gasteiger partial charge in [-0.1, -0.05) is 13.8 Å². The quantitative estimate of drug-likeness (QED) is 0.0610. The molecule has 0 aliphatic rings. The molecule has 18 heteroatoms. The third kappa shape index (κ3) is 13.8.